The molecule has 0 spiro atoms. The van der Waals surface area contributed by atoms with Crippen molar-refractivity contribution in [3.63, 3.8) is 0 Å². The van der Waals surface area contributed by atoms with Gasteiger partial charge in [-0.2, -0.15) is 5.10 Å². The number of hydrogen-bond acceptors (Lipinski definition) is 6. The van der Waals surface area contributed by atoms with Gasteiger partial charge >= 0.3 is 0 Å². The molecule has 138 valence electrons. The van der Waals surface area contributed by atoms with Gasteiger partial charge in [0.1, 0.15) is 0 Å². The molecule has 0 heterocycles. The number of aromatic hydroxyl groups is 1. The first-order chi connectivity index (χ1) is 12.5. The predicted molar refractivity (Wildman–Crippen MR) is 98.5 cm³/mol. The number of nitrogens with one attached hydrogen (secondary N) is 1. The summed E-state index contributed by atoms with van der Waals surface area (Å²) in [6.45, 7) is 2.11. The Kier molecular flexibility index (Phi) is 7.11. The zero-order valence-corrected chi connectivity index (χ0v) is 15.1. The summed E-state index contributed by atoms with van der Waals surface area (Å²) in [7, 11) is 1.41. The van der Waals surface area contributed by atoms with Crippen molar-refractivity contribution in [2.24, 2.45) is 5.10 Å². The maximum absolute atomic E-state index is 11.8. The van der Waals surface area contributed by atoms with E-state index < -0.39 is 5.91 Å². The van der Waals surface area contributed by atoms with Gasteiger partial charge in [-0.3, -0.25) is 4.79 Å². The third-order valence-electron chi connectivity index (χ3n) is 3.19. The number of halogens is 1. The molecule has 8 heteroatoms. The summed E-state index contributed by atoms with van der Waals surface area (Å²) in [4.78, 5) is 11.8. The van der Waals surface area contributed by atoms with Gasteiger partial charge in [0.2, 0.25) is 0 Å². The molecule has 0 saturated heterocycles. The summed E-state index contributed by atoms with van der Waals surface area (Å²) in [5, 5.41) is 14.1. The minimum Gasteiger partial charge on any atom is -0.504 e. The van der Waals surface area contributed by atoms with E-state index in [0.29, 0.717) is 28.7 Å². The van der Waals surface area contributed by atoms with E-state index in [1.54, 1.807) is 18.2 Å². The lowest BCUT2D eigenvalue weighted by Gasteiger charge is -2.10. The highest BCUT2D eigenvalue weighted by Crippen LogP contribution is 2.32. The third-order valence-corrected chi connectivity index (χ3v) is 3.41. The summed E-state index contributed by atoms with van der Waals surface area (Å²) < 4.78 is 15.8. The molecule has 0 fully saturated rings. The number of methoxy groups -OCH3 is 1. The molecule has 0 saturated carbocycles. The van der Waals surface area contributed by atoms with Crippen LogP contribution in [0.3, 0.4) is 0 Å². The molecule has 1 amide bonds. The minimum atomic E-state index is -0.471. The Hall–Kier alpha value is -2.93. The molecule has 0 unspecified atom stereocenters. The van der Waals surface area contributed by atoms with Crippen LogP contribution in [0.4, 0.5) is 0 Å². The van der Waals surface area contributed by atoms with E-state index in [1.165, 1.54) is 25.5 Å². The largest absolute Gasteiger partial charge is 0.504 e. The van der Waals surface area contributed by atoms with Crippen molar-refractivity contribution in [3.05, 3.63) is 47.0 Å². The van der Waals surface area contributed by atoms with Crippen molar-refractivity contribution in [1.29, 1.82) is 0 Å². The fraction of sp³-hybridized carbons (Fsp3) is 0.222. The fourth-order valence-corrected chi connectivity index (χ4v) is 2.26. The number of benzene rings is 2. The van der Waals surface area contributed by atoms with Crippen LogP contribution in [0.25, 0.3) is 0 Å². The molecular weight excluding hydrogens is 360 g/mol. The lowest BCUT2D eigenvalue weighted by molar-refractivity contribution is -0.123. The number of carbonyl (C=O) groups is 1. The van der Waals surface area contributed by atoms with Crippen molar-refractivity contribution < 1.29 is 24.1 Å². The maximum atomic E-state index is 11.8. The number of hydrogen-bond donors (Lipinski definition) is 2. The van der Waals surface area contributed by atoms with Crippen LogP contribution >= 0.6 is 11.6 Å². The number of rotatable bonds is 8. The topological polar surface area (TPSA) is 89.4 Å². The summed E-state index contributed by atoms with van der Waals surface area (Å²) in [5.41, 5.74) is 2.61. The van der Waals surface area contributed by atoms with Gasteiger partial charge in [-0.25, -0.2) is 5.43 Å². The number of ether oxygens (including phenoxy) is 3. The number of hydrazone groups is 1. The first kappa shape index (κ1) is 19.4. The van der Waals surface area contributed by atoms with Crippen molar-refractivity contribution in [2.45, 2.75) is 6.92 Å². The molecule has 0 aliphatic rings. The quantitative estimate of drug-likeness (QED) is 0.544. The Bertz CT molecular complexity index is 795. The van der Waals surface area contributed by atoms with Crippen molar-refractivity contribution >= 4 is 23.7 Å². The monoisotopic (exact) mass is 378 g/mol. The van der Waals surface area contributed by atoms with E-state index in [0.717, 1.165) is 0 Å². The van der Waals surface area contributed by atoms with E-state index >= 15 is 0 Å². The second-order valence-corrected chi connectivity index (χ2v) is 5.44. The summed E-state index contributed by atoms with van der Waals surface area (Å²) in [5.74, 6) is 0.631. The van der Waals surface area contributed by atoms with E-state index in [1.807, 2.05) is 13.0 Å². The van der Waals surface area contributed by atoms with Crippen LogP contribution in [0.1, 0.15) is 12.5 Å². The summed E-state index contributed by atoms with van der Waals surface area (Å²) in [6, 6.07) is 10.0. The number of nitrogens with zero attached hydrogens (tertiary/aromatic N) is 1. The zero-order chi connectivity index (χ0) is 18.9. The van der Waals surface area contributed by atoms with Gasteiger partial charge in [0.25, 0.3) is 5.91 Å². The Morgan fingerprint density at radius 1 is 1.23 bits per heavy atom. The standard InChI is InChI=1S/C18H19ClN2O5/c1-3-25-14-6-4-5-7-15(14)26-11-17(22)21-20-10-12-8-13(19)9-16(24-2)18(12)23/h4-10,23H,3,11H2,1-2H3,(H,21,22). The molecule has 2 aromatic rings. The summed E-state index contributed by atoms with van der Waals surface area (Å²) >= 11 is 5.93. The maximum Gasteiger partial charge on any atom is 0.277 e. The Balaban J connectivity index is 1.93. The smallest absolute Gasteiger partial charge is 0.277 e. The van der Waals surface area contributed by atoms with Crippen molar-refractivity contribution in [1.82, 2.24) is 5.43 Å². The highest BCUT2D eigenvalue weighted by molar-refractivity contribution is 6.31. The first-order valence-corrected chi connectivity index (χ1v) is 8.16. The molecule has 0 bridgehead atoms. The average Bonchev–Trinajstić information content (AvgIpc) is 2.63. The molecular formula is C18H19ClN2O5. The SMILES string of the molecule is CCOc1ccccc1OCC(=O)NN=Cc1cc(Cl)cc(OC)c1O. The molecule has 2 N–H and O–H groups in total. The van der Waals surface area contributed by atoms with Crippen LogP contribution in [-0.4, -0.2) is 37.6 Å². The summed E-state index contributed by atoms with van der Waals surface area (Å²) in [6.07, 6.45) is 1.26. The number of phenolic OH excluding ortho intramolecular Hbond substituents is 1. The van der Waals surface area contributed by atoms with E-state index in [2.05, 4.69) is 10.5 Å². The highest BCUT2D eigenvalue weighted by Gasteiger charge is 2.09. The minimum absolute atomic E-state index is 0.128. The van der Waals surface area contributed by atoms with Gasteiger partial charge in [-0.15, -0.1) is 0 Å². The lowest BCUT2D eigenvalue weighted by Crippen LogP contribution is -2.24. The predicted octanol–water partition coefficient (Wildman–Crippen LogP) is 2.98. The molecule has 2 rings (SSSR count). The second-order valence-electron chi connectivity index (χ2n) is 5.01. The number of phenols is 1. The number of amides is 1. The van der Waals surface area contributed by atoms with Gasteiger partial charge in [-0.05, 0) is 25.1 Å². The van der Waals surface area contributed by atoms with Crippen molar-refractivity contribution in [3.8, 4) is 23.0 Å². The van der Waals surface area contributed by atoms with Gasteiger partial charge in [0.05, 0.1) is 19.9 Å². The van der Waals surface area contributed by atoms with Crippen LogP contribution in [0.2, 0.25) is 5.02 Å². The first-order valence-electron chi connectivity index (χ1n) is 7.78. The molecule has 0 radical (unpaired) electrons. The van der Waals surface area contributed by atoms with Gasteiger partial charge in [0, 0.05) is 16.7 Å². The Labute approximate surface area is 156 Å². The van der Waals surface area contributed by atoms with Crippen LogP contribution in [0.5, 0.6) is 23.0 Å². The molecule has 0 aromatic heterocycles. The van der Waals surface area contributed by atoms with E-state index in [-0.39, 0.29) is 18.1 Å². The van der Waals surface area contributed by atoms with Crippen LogP contribution in [-0.2, 0) is 4.79 Å². The van der Waals surface area contributed by atoms with E-state index in [4.69, 9.17) is 25.8 Å². The third kappa shape index (κ3) is 5.29. The zero-order valence-electron chi connectivity index (χ0n) is 14.4. The van der Waals surface area contributed by atoms with Crippen LogP contribution in [0.15, 0.2) is 41.5 Å². The normalized spacial score (nSPS) is 10.6. The van der Waals surface area contributed by atoms with E-state index in [9.17, 15) is 9.90 Å². The number of carbonyl (C=O) groups excluding carboxylic acids is 1. The average molecular weight is 379 g/mol. The lowest BCUT2D eigenvalue weighted by atomic mass is 10.2. The fourth-order valence-electron chi connectivity index (χ4n) is 2.04. The Morgan fingerprint density at radius 3 is 2.58 bits per heavy atom. The van der Waals surface area contributed by atoms with Gasteiger partial charge in [-0.1, -0.05) is 23.7 Å². The van der Waals surface area contributed by atoms with Gasteiger partial charge < -0.3 is 19.3 Å². The molecule has 0 aliphatic heterocycles. The Morgan fingerprint density at radius 2 is 1.92 bits per heavy atom. The molecule has 7 nitrogen and oxygen atoms in total. The van der Waals surface area contributed by atoms with Crippen molar-refractivity contribution in [2.75, 3.05) is 20.3 Å². The van der Waals surface area contributed by atoms with Gasteiger partial charge in [0.15, 0.2) is 29.6 Å². The number of para-hydroxylation sites is 2. The second kappa shape index (κ2) is 9.53. The van der Waals surface area contributed by atoms with Crippen LogP contribution < -0.4 is 19.6 Å². The highest BCUT2D eigenvalue weighted by atomic mass is 35.5. The molecule has 0 atom stereocenters. The molecule has 2 aromatic carbocycles. The van der Waals surface area contributed by atoms with Crippen LogP contribution in [0, 0.1) is 0 Å². The molecule has 26 heavy (non-hydrogen) atoms. The molecule has 0 aliphatic carbocycles.